The summed E-state index contributed by atoms with van der Waals surface area (Å²) in [5.74, 6) is 0.0588. The highest BCUT2D eigenvalue weighted by Crippen LogP contribution is 2.20. The smallest absolute Gasteiger partial charge is 0.246 e. The second kappa shape index (κ2) is 8.57. The van der Waals surface area contributed by atoms with E-state index in [-0.39, 0.29) is 47.9 Å². The SMILES string of the molecule is Cc1ccc(Br)cc1NC(=O)CN=C(N)NC(C)(C)C.I. The maximum atomic E-state index is 11.8. The molecule has 0 saturated carbocycles. The van der Waals surface area contributed by atoms with Crippen LogP contribution in [-0.2, 0) is 4.79 Å². The van der Waals surface area contributed by atoms with Gasteiger partial charge in [-0.3, -0.25) is 4.79 Å². The Morgan fingerprint density at radius 2 is 2.00 bits per heavy atom. The second-order valence-electron chi connectivity index (χ2n) is 5.58. The Labute approximate surface area is 151 Å². The molecule has 0 heterocycles. The second-order valence-corrected chi connectivity index (χ2v) is 6.50. The number of rotatable bonds is 3. The molecule has 5 nitrogen and oxygen atoms in total. The number of aryl methyl sites for hydroxylation is 1. The highest BCUT2D eigenvalue weighted by Gasteiger charge is 2.10. The standard InChI is InChI=1S/C14H21BrN4O.HI/c1-9-5-6-10(15)7-11(9)18-12(20)8-17-13(16)19-14(2,3)4;/h5-7H,8H2,1-4H3,(H,18,20)(H3,16,17,19);1H. The van der Waals surface area contributed by atoms with Crippen LogP contribution in [0.15, 0.2) is 27.7 Å². The predicted molar refractivity (Wildman–Crippen MR) is 102 cm³/mol. The van der Waals surface area contributed by atoms with Gasteiger partial charge in [0.2, 0.25) is 5.91 Å². The van der Waals surface area contributed by atoms with Crippen molar-refractivity contribution in [1.82, 2.24) is 5.32 Å². The first-order valence-electron chi connectivity index (χ1n) is 6.31. The number of nitrogens with zero attached hydrogens (tertiary/aromatic N) is 1. The van der Waals surface area contributed by atoms with Gasteiger partial charge in [0.05, 0.1) is 0 Å². The van der Waals surface area contributed by atoms with Crippen LogP contribution in [0, 0.1) is 6.92 Å². The number of aliphatic imine (C=N–C) groups is 1. The zero-order chi connectivity index (χ0) is 15.3. The van der Waals surface area contributed by atoms with Crippen LogP contribution in [0.3, 0.4) is 0 Å². The van der Waals surface area contributed by atoms with Crippen LogP contribution in [0.1, 0.15) is 26.3 Å². The van der Waals surface area contributed by atoms with Gasteiger partial charge in [-0.2, -0.15) is 0 Å². The molecule has 118 valence electrons. The number of guanidine groups is 1. The van der Waals surface area contributed by atoms with Gasteiger partial charge in [0, 0.05) is 15.7 Å². The van der Waals surface area contributed by atoms with Crippen LogP contribution in [0.2, 0.25) is 0 Å². The zero-order valence-electron chi connectivity index (χ0n) is 12.7. The first kappa shape index (κ1) is 20.2. The molecule has 21 heavy (non-hydrogen) atoms. The molecule has 0 unspecified atom stereocenters. The molecule has 1 rings (SSSR count). The first-order valence-corrected chi connectivity index (χ1v) is 7.11. The minimum absolute atomic E-state index is 0. The van der Waals surface area contributed by atoms with Crippen molar-refractivity contribution in [2.24, 2.45) is 10.7 Å². The molecule has 0 aliphatic carbocycles. The lowest BCUT2D eigenvalue weighted by Gasteiger charge is -2.20. The van der Waals surface area contributed by atoms with Gasteiger partial charge >= 0.3 is 0 Å². The van der Waals surface area contributed by atoms with Gasteiger partial charge in [-0.15, -0.1) is 24.0 Å². The third-order valence-electron chi connectivity index (χ3n) is 2.37. The summed E-state index contributed by atoms with van der Waals surface area (Å²) < 4.78 is 0.913. The Balaban J connectivity index is 0.00000400. The summed E-state index contributed by atoms with van der Waals surface area (Å²) >= 11 is 3.37. The largest absolute Gasteiger partial charge is 0.370 e. The highest BCUT2D eigenvalue weighted by atomic mass is 127. The molecule has 1 aromatic carbocycles. The van der Waals surface area contributed by atoms with Crippen molar-refractivity contribution < 1.29 is 4.79 Å². The Hall–Kier alpha value is -0.830. The Morgan fingerprint density at radius 3 is 2.57 bits per heavy atom. The van der Waals surface area contributed by atoms with E-state index in [0.29, 0.717) is 0 Å². The van der Waals surface area contributed by atoms with E-state index < -0.39 is 0 Å². The highest BCUT2D eigenvalue weighted by molar-refractivity contribution is 14.0. The summed E-state index contributed by atoms with van der Waals surface area (Å²) in [6, 6.07) is 5.71. The zero-order valence-corrected chi connectivity index (χ0v) is 16.6. The van der Waals surface area contributed by atoms with Crippen molar-refractivity contribution in [3.8, 4) is 0 Å². The summed E-state index contributed by atoms with van der Waals surface area (Å²) in [7, 11) is 0. The van der Waals surface area contributed by atoms with Crippen molar-refractivity contribution in [3.63, 3.8) is 0 Å². The summed E-state index contributed by atoms with van der Waals surface area (Å²) in [6.07, 6.45) is 0. The first-order chi connectivity index (χ1) is 9.17. The lowest BCUT2D eigenvalue weighted by atomic mass is 10.1. The van der Waals surface area contributed by atoms with Crippen LogP contribution in [0.5, 0.6) is 0 Å². The van der Waals surface area contributed by atoms with Crippen molar-refractivity contribution in [1.29, 1.82) is 0 Å². The monoisotopic (exact) mass is 468 g/mol. The van der Waals surface area contributed by atoms with E-state index >= 15 is 0 Å². The van der Waals surface area contributed by atoms with Gasteiger partial charge in [-0.25, -0.2) is 4.99 Å². The van der Waals surface area contributed by atoms with Gasteiger partial charge < -0.3 is 16.4 Å². The number of carbonyl (C=O) groups excluding carboxylic acids is 1. The number of amides is 1. The van der Waals surface area contributed by atoms with Crippen LogP contribution >= 0.6 is 39.9 Å². The van der Waals surface area contributed by atoms with Crippen LogP contribution in [0.25, 0.3) is 0 Å². The Morgan fingerprint density at radius 1 is 1.38 bits per heavy atom. The number of carbonyl (C=O) groups is 1. The molecule has 0 saturated heterocycles. The van der Waals surface area contributed by atoms with Crippen LogP contribution in [0.4, 0.5) is 5.69 Å². The van der Waals surface area contributed by atoms with Gasteiger partial charge in [0.1, 0.15) is 6.54 Å². The third kappa shape index (κ3) is 8.25. The van der Waals surface area contributed by atoms with E-state index in [1.54, 1.807) is 0 Å². The number of nitrogens with two attached hydrogens (primary N) is 1. The van der Waals surface area contributed by atoms with E-state index in [9.17, 15) is 4.79 Å². The van der Waals surface area contributed by atoms with Crippen LogP contribution < -0.4 is 16.4 Å². The lowest BCUT2D eigenvalue weighted by molar-refractivity contribution is -0.114. The fraction of sp³-hybridized carbons (Fsp3) is 0.429. The number of halogens is 2. The number of nitrogens with one attached hydrogen (secondary N) is 2. The molecule has 1 amide bonds. The lowest BCUT2D eigenvalue weighted by Crippen LogP contribution is -2.45. The molecule has 1 aromatic rings. The molecule has 0 bridgehead atoms. The van der Waals surface area contributed by atoms with Crippen LogP contribution in [-0.4, -0.2) is 24.0 Å². The van der Waals surface area contributed by atoms with Gasteiger partial charge in [-0.1, -0.05) is 22.0 Å². The molecule has 0 aliphatic rings. The minimum Gasteiger partial charge on any atom is -0.370 e. The van der Waals surface area contributed by atoms with Gasteiger partial charge in [0.15, 0.2) is 5.96 Å². The minimum atomic E-state index is -0.204. The number of hydrogen-bond acceptors (Lipinski definition) is 2. The van der Waals surface area contributed by atoms with E-state index in [2.05, 4.69) is 31.6 Å². The van der Waals surface area contributed by atoms with Gasteiger partial charge in [0.25, 0.3) is 0 Å². The molecular weight excluding hydrogens is 447 g/mol. The van der Waals surface area contributed by atoms with E-state index in [4.69, 9.17) is 5.73 Å². The molecule has 0 spiro atoms. The van der Waals surface area contributed by atoms with Crippen molar-refractivity contribution >= 4 is 57.5 Å². The summed E-state index contributed by atoms with van der Waals surface area (Å²) in [6.45, 7) is 7.84. The maximum Gasteiger partial charge on any atom is 0.246 e. The molecule has 0 radical (unpaired) electrons. The van der Waals surface area contributed by atoms with Crippen molar-refractivity contribution in [3.05, 3.63) is 28.2 Å². The average molecular weight is 469 g/mol. The molecule has 0 aromatic heterocycles. The van der Waals surface area contributed by atoms with Crippen molar-refractivity contribution in [2.75, 3.05) is 11.9 Å². The molecule has 0 fully saturated rings. The Bertz CT molecular complexity index is 526. The fourth-order valence-electron chi connectivity index (χ4n) is 1.50. The molecule has 4 N–H and O–H groups in total. The summed E-state index contributed by atoms with van der Waals surface area (Å²) in [4.78, 5) is 15.8. The fourth-order valence-corrected chi connectivity index (χ4v) is 1.86. The molecule has 0 atom stereocenters. The van der Waals surface area contributed by atoms with E-state index in [1.807, 2.05) is 45.9 Å². The predicted octanol–water partition coefficient (Wildman–Crippen LogP) is 3.02. The molecule has 0 aliphatic heterocycles. The topological polar surface area (TPSA) is 79.5 Å². The van der Waals surface area contributed by atoms with E-state index in [0.717, 1.165) is 15.7 Å². The third-order valence-corrected chi connectivity index (χ3v) is 2.86. The summed E-state index contributed by atoms with van der Waals surface area (Å²) in [5.41, 5.74) is 7.29. The number of anilines is 1. The van der Waals surface area contributed by atoms with E-state index in [1.165, 1.54) is 0 Å². The molecule has 7 heteroatoms. The van der Waals surface area contributed by atoms with Crippen molar-refractivity contribution in [2.45, 2.75) is 33.2 Å². The van der Waals surface area contributed by atoms with Gasteiger partial charge in [-0.05, 0) is 45.4 Å². The maximum absolute atomic E-state index is 11.8. The molecular formula is C14H22BrIN4O. The number of hydrogen-bond donors (Lipinski definition) is 3. The summed E-state index contributed by atoms with van der Waals surface area (Å²) in [5, 5.41) is 5.81. The normalized spacial score (nSPS) is 11.6. The quantitative estimate of drug-likeness (QED) is 0.362. The number of benzene rings is 1. The Kier molecular flexibility index (Phi) is 8.23. The average Bonchev–Trinajstić information content (AvgIpc) is 2.29.